The Morgan fingerprint density at radius 3 is 2.44 bits per heavy atom. The fraction of sp³-hybridized carbons (Fsp3) is 0.429. The third-order valence-corrected chi connectivity index (χ3v) is 4.69. The molecule has 4 nitrogen and oxygen atoms in total. The van der Waals surface area contributed by atoms with Gasteiger partial charge >= 0.3 is 11.9 Å². The minimum atomic E-state index is -0.0681. The topological polar surface area (TPSA) is 52.6 Å². The molecule has 2 aromatic rings. The lowest BCUT2D eigenvalue weighted by Gasteiger charge is -2.23. The average molecular weight is 340 g/mol. The summed E-state index contributed by atoms with van der Waals surface area (Å²) in [4.78, 5) is 21.5. The predicted octanol–water partition coefficient (Wildman–Crippen LogP) is 4.36. The Bertz CT molecular complexity index is 712. The Morgan fingerprint density at radius 2 is 1.60 bits per heavy atom. The number of rotatable bonds is 1. The zero-order valence-corrected chi connectivity index (χ0v) is 14.4. The second-order valence-electron chi connectivity index (χ2n) is 6.52. The molecule has 0 spiro atoms. The Kier molecular flexibility index (Phi) is 6.04. The summed E-state index contributed by atoms with van der Waals surface area (Å²) in [5.74, 6) is 0.253. The molecule has 0 saturated carbocycles. The summed E-state index contributed by atoms with van der Waals surface area (Å²) in [5.41, 5.74) is 1.30. The van der Waals surface area contributed by atoms with E-state index in [0.29, 0.717) is 32.0 Å². The average Bonchev–Trinajstić information content (AvgIpc) is 2.90. The fourth-order valence-corrected chi connectivity index (χ4v) is 3.30. The highest BCUT2D eigenvalue weighted by molar-refractivity contribution is 5.86. The molecule has 0 aromatic heterocycles. The monoisotopic (exact) mass is 340 g/mol. The Balaban J connectivity index is 0.000000192. The van der Waals surface area contributed by atoms with Crippen LogP contribution in [0.25, 0.3) is 10.8 Å². The summed E-state index contributed by atoms with van der Waals surface area (Å²) in [7, 11) is 0. The van der Waals surface area contributed by atoms with Crippen LogP contribution in [0.5, 0.6) is 0 Å². The number of carbonyl (C=O) groups is 2. The molecule has 2 heterocycles. The Morgan fingerprint density at radius 1 is 0.800 bits per heavy atom. The van der Waals surface area contributed by atoms with Crippen LogP contribution in [0.1, 0.15) is 50.0 Å². The van der Waals surface area contributed by atoms with Crippen molar-refractivity contribution in [2.24, 2.45) is 0 Å². The summed E-state index contributed by atoms with van der Waals surface area (Å²) in [6.07, 6.45) is 5.26. The van der Waals surface area contributed by atoms with E-state index in [2.05, 4.69) is 36.4 Å². The summed E-state index contributed by atoms with van der Waals surface area (Å²) < 4.78 is 9.92. The molecule has 0 bridgehead atoms. The van der Waals surface area contributed by atoms with Crippen molar-refractivity contribution in [1.29, 1.82) is 0 Å². The molecular formula is C21H24O4. The number of ether oxygens (including phenoxy) is 2. The Labute approximate surface area is 148 Å². The van der Waals surface area contributed by atoms with Crippen LogP contribution in [0.15, 0.2) is 42.5 Å². The summed E-state index contributed by atoms with van der Waals surface area (Å²) in [6, 6.07) is 14.7. The summed E-state index contributed by atoms with van der Waals surface area (Å²) in [5, 5.41) is 2.53. The molecule has 0 aliphatic carbocycles. The lowest BCUT2D eigenvalue weighted by molar-refractivity contribution is -0.147. The van der Waals surface area contributed by atoms with Crippen molar-refractivity contribution in [3.63, 3.8) is 0 Å². The molecule has 132 valence electrons. The minimum Gasteiger partial charge on any atom is -0.466 e. The quantitative estimate of drug-likeness (QED) is 0.724. The van der Waals surface area contributed by atoms with E-state index < -0.39 is 0 Å². The highest BCUT2D eigenvalue weighted by Gasteiger charge is 2.22. The lowest BCUT2D eigenvalue weighted by Crippen LogP contribution is -2.20. The number of carbonyl (C=O) groups excluding carboxylic acids is 2. The summed E-state index contributed by atoms with van der Waals surface area (Å²) in [6.45, 7) is 1.16. The van der Waals surface area contributed by atoms with Crippen molar-refractivity contribution >= 4 is 22.7 Å². The number of esters is 2. The normalized spacial score (nSPS) is 20.7. The van der Waals surface area contributed by atoms with Gasteiger partial charge in [0.2, 0.25) is 0 Å². The molecule has 4 heteroatoms. The van der Waals surface area contributed by atoms with Crippen LogP contribution in [0.2, 0.25) is 0 Å². The molecule has 1 unspecified atom stereocenters. The highest BCUT2D eigenvalue weighted by Crippen LogP contribution is 2.31. The van der Waals surface area contributed by atoms with Crippen molar-refractivity contribution in [2.75, 3.05) is 13.2 Å². The Hall–Kier alpha value is -2.36. The maximum Gasteiger partial charge on any atom is 0.305 e. The van der Waals surface area contributed by atoms with E-state index in [0.717, 1.165) is 25.7 Å². The van der Waals surface area contributed by atoms with Gasteiger partial charge < -0.3 is 9.47 Å². The van der Waals surface area contributed by atoms with Crippen molar-refractivity contribution in [3.05, 3.63) is 48.0 Å². The molecule has 2 fully saturated rings. The highest BCUT2D eigenvalue weighted by atomic mass is 16.5. The predicted molar refractivity (Wildman–Crippen MR) is 96.3 cm³/mol. The molecule has 2 aliphatic heterocycles. The van der Waals surface area contributed by atoms with E-state index >= 15 is 0 Å². The van der Waals surface area contributed by atoms with Crippen LogP contribution in [0.4, 0.5) is 0 Å². The number of fused-ring (bicyclic) bond motifs is 1. The first-order valence-electron chi connectivity index (χ1n) is 9.03. The molecule has 2 saturated heterocycles. The van der Waals surface area contributed by atoms with Crippen molar-refractivity contribution < 1.29 is 19.1 Å². The molecule has 4 rings (SSSR count). The summed E-state index contributed by atoms with van der Waals surface area (Å²) >= 11 is 0. The standard InChI is InChI=1S/C15H14O2.C6H10O2/c16-15-9-8-12(10-17-15)14-7-3-5-11-4-1-2-6-13(11)14;7-6-4-2-1-3-5-8-6/h1-7,12H,8-10H2;1-5H2. The van der Waals surface area contributed by atoms with Gasteiger partial charge in [-0.3, -0.25) is 9.59 Å². The van der Waals surface area contributed by atoms with Crippen molar-refractivity contribution in [3.8, 4) is 0 Å². The first-order chi connectivity index (χ1) is 12.2. The second-order valence-corrected chi connectivity index (χ2v) is 6.52. The molecule has 2 aliphatic rings. The van der Waals surface area contributed by atoms with Gasteiger partial charge in [-0.1, -0.05) is 42.5 Å². The minimum absolute atomic E-state index is 0.0255. The van der Waals surface area contributed by atoms with Gasteiger partial charge in [-0.25, -0.2) is 0 Å². The largest absolute Gasteiger partial charge is 0.466 e. The van der Waals surface area contributed by atoms with Crippen LogP contribution in [0.3, 0.4) is 0 Å². The molecular weight excluding hydrogens is 316 g/mol. The lowest BCUT2D eigenvalue weighted by atomic mass is 9.89. The third-order valence-electron chi connectivity index (χ3n) is 4.69. The molecule has 1 atom stereocenters. The van der Waals surface area contributed by atoms with Crippen LogP contribution in [0, 0.1) is 0 Å². The number of hydrogen-bond acceptors (Lipinski definition) is 4. The van der Waals surface area contributed by atoms with Gasteiger partial charge in [-0.2, -0.15) is 0 Å². The van der Waals surface area contributed by atoms with E-state index in [4.69, 9.17) is 9.47 Å². The van der Waals surface area contributed by atoms with E-state index in [1.807, 2.05) is 6.07 Å². The maximum absolute atomic E-state index is 11.1. The molecule has 0 amide bonds. The van der Waals surface area contributed by atoms with Crippen LogP contribution < -0.4 is 0 Å². The smallest absolute Gasteiger partial charge is 0.305 e. The van der Waals surface area contributed by atoms with Gasteiger partial charge in [0.15, 0.2) is 0 Å². The van der Waals surface area contributed by atoms with Crippen LogP contribution in [-0.2, 0) is 19.1 Å². The van der Waals surface area contributed by atoms with E-state index in [-0.39, 0.29) is 11.9 Å². The molecule has 0 N–H and O–H groups in total. The van der Waals surface area contributed by atoms with Gasteiger partial charge in [-0.05, 0) is 42.0 Å². The van der Waals surface area contributed by atoms with Crippen molar-refractivity contribution in [1.82, 2.24) is 0 Å². The van der Waals surface area contributed by atoms with Crippen LogP contribution >= 0.6 is 0 Å². The zero-order chi connectivity index (χ0) is 17.5. The van der Waals surface area contributed by atoms with Gasteiger partial charge in [0.25, 0.3) is 0 Å². The van der Waals surface area contributed by atoms with Crippen LogP contribution in [-0.4, -0.2) is 25.2 Å². The van der Waals surface area contributed by atoms with E-state index in [1.54, 1.807) is 0 Å². The number of cyclic esters (lactones) is 2. The second kappa shape index (κ2) is 8.65. The van der Waals surface area contributed by atoms with Gasteiger partial charge in [0.05, 0.1) is 13.2 Å². The zero-order valence-electron chi connectivity index (χ0n) is 14.4. The van der Waals surface area contributed by atoms with E-state index in [1.165, 1.54) is 16.3 Å². The van der Waals surface area contributed by atoms with Crippen molar-refractivity contribution in [2.45, 2.75) is 44.4 Å². The SMILES string of the molecule is O=C1CCC(c2cccc3ccccc23)CO1.O=C1CCCCCO1. The number of benzene rings is 2. The van der Waals surface area contributed by atoms with E-state index in [9.17, 15) is 9.59 Å². The third kappa shape index (κ3) is 4.81. The molecule has 0 radical (unpaired) electrons. The fourth-order valence-electron chi connectivity index (χ4n) is 3.30. The van der Waals surface area contributed by atoms with Gasteiger partial charge in [0, 0.05) is 18.8 Å². The molecule has 25 heavy (non-hydrogen) atoms. The van der Waals surface area contributed by atoms with Gasteiger partial charge in [0.1, 0.15) is 0 Å². The number of hydrogen-bond donors (Lipinski definition) is 0. The molecule has 2 aromatic carbocycles. The maximum atomic E-state index is 11.1. The first kappa shape index (κ1) is 17.5. The van der Waals surface area contributed by atoms with Gasteiger partial charge in [-0.15, -0.1) is 0 Å². The first-order valence-corrected chi connectivity index (χ1v) is 9.03.